The van der Waals surface area contributed by atoms with Crippen molar-refractivity contribution >= 4 is 17.6 Å². The first kappa shape index (κ1) is 19.0. The second-order valence-corrected chi connectivity index (χ2v) is 5.98. The maximum Gasteiger partial charge on any atom is 0.278 e. The van der Waals surface area contributed by atoms with Crippen molar-refractivity contribution in [1.29, 1.82) is 0 Å². The number of benzene rings is 1. The van der Waals surface area contributed by atoms with E-state index in [0.717, 1.165) is 4.90 Å². The topological polar surface area (TPSA) is 110 Å². The molecule has 9 nitrogen and oxygen atoms in total. The van der Waals surface area contributed by atoms with Crippen LogP contribution in [0.25, 0.3) is 5.69 Å². The molecule has 2 aromatic heterocycles. The number of aryl methyl sites for hydroxylation is 1. The number of carbonyl (C=O) groups is 2. The van der Waals surface area contributed by atoms with Crippen LogP contribution in [0.2, 0.25) is 0 Å². The Kier molecular flexibility index (Phi) is 5.30. The minimum atomic E-state index is -0.729. The molecule has 0 unspecified atom stereocenters. The van der Waals surface area contributed by atoms with Crippen LogP contribution in [-0.4, -0.2) is 45.2 Å². The van der Waals surface area contributed by atoms with Crippen molar-refractivity contribution in [3.8, 4) is 5.69 Å². The molecule has 0 aliphatic carbocycles. The van der Waals surface area contributed by atoms with Crippen molar-refractivity contribution in [3.05, 3.63) is 70.1 Å². The summed E-state index contributed by atoms with van der Waals surface area (Å²) in [6, 6.07) is 8.09. The van der Waals surface area contributed by atoms with Crippen LogP contribution in [0.15, 0.2) is 51.9 Å². The number of hydrogen-bond acceptors (Lipinski definition) is 6. The van der Waals surface area contributed by atoms with E-state index in [-0.39, 0.29) is 18.1 Å². The molecule has 10 heteroatoms. The molecule has 2 heterocycles. The van der Waals surface area contributed by atoms with Crippen molar-refractivity contribution < 1.29 is 18.5 Å². The van der Waals surface area contributed by atoms with E-state index in [4.69, 9.17) is 4.52 Å². The first-order valence-electron chi connectivity index (χ1n) is 8.18. The molecule has 0 aliphatic rings. The zero-order valence-electron chi connectivity index (χ0n) is 15.0. The maximum atomic E-state index is 13.1. The van der Waals surface area contributed by atoms with Gasteiger partial charge in [-0.05, 0) is 31.2 Å². The van der Waals surface area contributed by atoms with Crippen LogP contribution >= 0.6 is 0 Å². The van der Waals surface area contributed by atoms with Crippen LogP contribution in [0, 0.1) is 12.7 Å². The Morgan fingerprint density at radius 2 is 1.96 bits per heavy atom. The fourth-order valence-corrected chi connectivity index (χ4v) is 2.37. The van der Waals surface area contributed by atoms with E-state index >= 15 is 0 Å². The molecule has 1 aromatic carbocycles. The summed E-state index contributed by atoms with van der Waals surface area (Å²) >= 11 is 0. The molecule has 0 aliphatic heterocycles. The van der Waals surface area contributed by atoms with Crippen molar-refractivity contribution in [1.82, 2.24) is 19.8 Å². The van der Waals surface area contributed by atoms with Crippen molar-refractivity contribution in [2.75, 3.05) is 18.9 Å². The van der Waals surface area contributed by atoms with Gasteiger partial charge in [-0.1, -0.05) is 5.16 Å². The summed E-state index contributed by atoms with van der Waals surface area (Å²) in [5.74, 6) is -0.921. The Bertz CT molecular complexity index is 1070. The predicted molar refractivity (Wildman–Crippen MR) is 96.6 cm³/mol. The summed E-state index contributed by atoms with van der Waals surface area (Å²) in [5, 5.41) is 10.1. The summed E-state index contributed by atoms with van der Waals surface area (Å²) in [4.78, 5) is 37.8. The summed E-state index contributed by atoms with van der Waals surface area (Å²) < 4.78 is 19.2. The van der Waals surface area contributed by atoms with Gasteiger partial charge in [-0.15, -0.1) is 0 Å². The molecule has 3 aromatic rings. The number of rotatable bonds is 5. The molecule has 3 rings (SSSR count). The van der Waals surface area contributed by atoms with E-state index in [0.29, 0.717) is 11.4 Å². The lowest BCUT2D eigenvalue weighted by Crippen LogP contribution is -2.38. The van der Waals surface area contributed by atoms with Crippen LogP contribution in [0.4, 0.5) is 10.2 Å². The Morgan fingerprint density at radius 1 is 1.25 bits per heavy atom. The number of likely N-dealkylation sites (N-methyl/N-ethyl adjacent to an activating group) is 1. The van der Waals surface area contributed by atoms with Gasteiger partial charge in [0.25, 0.3) is 5.91 Å². The molecular weight excluding hydrogens is 369 g/mol. The number of halogens is 1. The quantitative estimate of drug-likeness (QED) is 0.710. The van der Waals surface area contributed by atoms with Gasteiger partial charge in [-0.3, -0.25) is 14.4 Å². The van der Waals surface area contributed by atoms with Gasteiger partial charge in [0.15, 0.2) is 11.5 Å². The first-order chi connectivity index (χ1) is 13.3. The molecule has 0 spiro atoms. The largest absolute Gasteiger partial charge is 0.360 e. The summed E-state index contributed by atoms with van der Waals surface area (Å²) in [6.45, 7) is 1.35. The molecule has 28 heavy (non-hydrogen) atoms. The van der Waals surface area contributed by atoms with E-state index in [1.54, 1.807) is 6.92 Å². The number of aromatic nitrogens is 3. The fraction of sp³-hybridized carbons (Fsp3) is 0.167. The lowest BCUT2D eigenvalue weighted by Gasteiger charge is -2.16. The van der Waals surface area contributed by atoms with Gasteiger partial charge >= 0.3 is 0 Å². The first-order valence-corrected chi connectivity index (χ1v) is 8.18. The highest BCUT2D eigenvalue weighted by Crippen LogP contribution is 2.08. The zero-order chi connectivity index (χ0) is 20.3. The summed E-state index contributed by atoms with van der Waals surface area (Å²) in [5.41, 5.74) is -0.487. The highest BCUT2D eigenvalue weighted by atomic mass is 19.1. The average molecular weight is 385 g/mol. The van der Waals surface area contributed by atoms with Gasteiger partial charge in [-0.2, -0.15) is 5.10 Å². The predicted octanol–water partition coefficient (Wildman–Crippen LogP) is 1.38. The number of amides is 2. The van der Waals surface area contributed by atoms with Crippen molar-refractivity contribution in [2.45, 2.75) is 6.92 Å². The molecule has 144 valence electrons. The Hall–Kier alpha value is -3.82. The van der Waals surface area contributed by atoms with Crippen LogP contribution in [0.3, 0.4) is 0 Å². The smallest absolute Gasteiger partial charge is 0.278 e. The monoisotopic (exact) mass is 385 g/mol. The van der Waals surface area contributed by atoms with Crippen molar-refractivity contribution in [3.63, 3.8) is 0 Å². The van der Waals surface area contributed by atoms with Crippen molar-refractivity contribution in [2.24, 2.45) is 0 Å². The van der Waals surface area contributed by atoms with Crippen LogP contribution in [0.1, 0.15) is 16.2 Å². The Morgan fingerprint density at radius 3 is 2.61 bits per heavy atom. The van der Waals surface area contributed by atoms with Crippen LogP contribution in [0.5, 0.6) is 0 Å². The third-order valence-corrected chi connectivity index (χ3v) is 3.72. The lowest BCUT2D eigenvalue weighted by atomic mass is 10.3. The van der Waals surface area contributed by atoms with Gasteiger partial charge < -0.3 is 14.7 Å². The second-order valence-electron chi connectivity index (χ2n) is 5.98. The minimum absolute atomic E-state index is 0.222. The van der Waals surface area contributed by atoms with Gasteiger partial charge in [0.1, 0.15) is 11.6 Å². The number of nitrogens with one attached hydrogen (secondary N) is 1. The standard InChI is InChI=1S/C18H16FN5O4/c1-11-9-15(22-28-11)20-16(26)10-23(2)18(27)17-14(25)7-8-24(21-17)13-5-3-12(19)4-6-13/h3-9H,10H2,1-2H3,(H,20,22,26). The van der Waals surface area contributed by atoms with Gasteiger partial charge in [0.05, 0.1) is 12.2 Å². The SMILES string of the molecule is Cc1cc(NC(=O)CN(C)C(=O)c2nn(-c3ccc(F)cc3)ccc2=O)no1. The maximum absolute atomic E-state index is 13.1. The van der Waals surface area contributed by atoms with Gasteiger partial charge in [-0.25, -0.2) is 9.07 Å². The number of hydrogen-bond donors (Lipinski definition) is 1. The van der Waals surface area contributed by atoms with Crippen LogP contribution < -0.4 is 10.7 Å². The normalized spacial score (nSPS) is 10.5. The average Bonchev–Trinajstić information content (AvgIpc) is 3.06. The molecule has 0 saturated heterocycles. The van der Waals surface area contributed by atoms with E-state index in [1.807, 2.05) is 0 Å². The summed E-state index contributed by atoms with van der Waals surface area (Å²) in [6.07, 6.45) is 1.37. The highest BCUT2D eigenvalue weighted by molar-refractivity contribution is 5.97. The molecule has 0 radical (unpaired) electrons. The summed E-state index contributed by atoms with van der Waals surface area (Å²) in [7, 11) is 1.37. The van der Waals surface area contributed by atoms with E-state index in [9.17, 15) is 18.8 Å². The van der Waals surface area contributed by atoms with Crippen LogP contribution in [-0.2, 0) is 4.79 Å². The molecule has 1 N–H and O–H groups in total. The highest BCUT2D eigenvalue weighted by Gasteiger charge is 2.20. The molecule has 0 bridgehead atoms. The van der Waals surface area contributed by atoms with E-state index in [2.05, 4.69) is 15.6 Å². The molecule has 2 amide bonds. The van der Waals surface area contributed by atoms with Gasteiger partial charge in [0.2, 0.25) is 11.3 Å². The number of nitrogens with zero attached hydrogens (tertiary/aromatic N) is 4. The fourth-order valence-electron chi connectivity index (χ4n) is 2.37. The third-order valence-electron chi connectivity index (χ3n) is 3.72. The zero-order valence-corrected chi connectivity index (χ0v) is 15.0. The minimum Gasteiger partial charge on any atom is -0.360 e. The third kappa shape index (κ3) is 4.29. The number of anilines is 1. The molecule has 0 atom stereocenters. The molecule has 0 fully saturated rings. The van der Waals surface area contributed by atoms with E-state index in [1.165, 1.54) is 54.3 Å². The number of carbonyl (C=O) groups excluding carboxylic acids is 2. The Balaban J connectivity index is 1.75. The lowest BCUT2D eigenvalue weighted by molar-refractivity contribution is -0.116. The van der Waals surface area contributed by atoms with Gasteiger partial charge in [0, 0.05) is 25.4 Å². The molecular formula is C18H16FN5O4. The Labute approximate surface area is 158 Å². The second kappa shape index (κ2) is 7.82. The molecule has 0 saturated carbocycles. The van der Waals surface area contributed by atoms with E-state index < -0.39 is 23.1 Å².